The number of aliphatic hydroxyl groups is 1. The Labute approximate surface area is 221 Å². The first-order chi connectivity index (χ1) is 18.0. The van der Waals surface area contributed by atoms with Crippen molar-refractivity contribution < 1.29 is 44.7 Å². The predicted molar refractivity (Wildman–Crippen MR) is 126 cm³/mol. The normalized spacial score (nSPS) is 19.2. The fourth-order valence-corrected chi connectivity index (χ4v) is 7.38. The SMILES string of the molecule is CC1CN(c2ccc(-c3ncn[nH]3)cc2C(F)(F)F)CCN1S(=O)(=O)c1ccc(C(O)(C(N)=O)C(F)(F)F)s1. The molecule has 2 atom stereocenters. The van der Waals surface area contributed by atoms with Gasteiger partial charge in [0.05, 0.1) is 10.4 Å². The lowest BCUT2D eigenvalue weighted by atomic mass is 10.0. The standard InChI is InChI=1S/C21H20F6N6O4S2/c1-11-9-32(14-3-2-12(17-29-10-30-31-17)8-13(14)20(22,23)24)6-7-33(11)39(36,37)16-5-4-15(38-16)19(35,18(28)34)21(25,26)27/h2-5,8,10-11,35H,6-7,9H2,1H3,(H2,28,34)(H,29,30,31). The Morgan fingerprint density at radius 2 is 1.85 bits per heavy atom. The van der Waals surface area contributed by atoms with E-state index in [-0.39, 0.29) is 48.0 Å². The third-order valence-corrected chi connectivity index (χ3v) is 9.84. The molecule has 4 rings (SSSR count). The molecule has 2 aromatic heterocycles. The zero-order chi connectivity index (χ0) is 29.0. The van der Waals surface area contributed by atoms with Crippen LogP contribution >= 0.6 is 11.3 Å². The van der Waals surface area contributed by atoms with Gasteiger partial charge in [-0.15, -0.1) is 11.3 Å². The maximum Gasteiger partial charge on any atom is 0.431 e. The summed E-state index contributed by atoms with van der Waals surface area (Å²) in [5.41, 5.74) is -0.351. The zero-order valence-corrected chi connectivity index (χ0v) is 21.4. The number of aromatic amines is 1. The van der Waals surface area contributed by atoms with Crippen molar-refractivity contribution in [3.05, 3.63) is 47.1 Å². The van der Waals surface area contributed by atoms with Gasteiger partial charge in [0.15, 0.2) is 5.82 Å². The van der Waals surface area contributed by atoms with Crippen LogP contribution in [-0.2, 0) is 26.6 Å². The monoisotopic (exact) mass is 598 g/mol. The number of nitrogens with one attached hydrogen (secondary N) is 1. The lowest BCUT2D eigenvalue weighted by Gasteiger charge is -2.40. The number of alkyl halides is 6. The van der Waals surface area contributed by atoms with Crippen molar-refractivity contribution >= 4 is 33.0 Å². The molecule has 1 aliphatic rings. The van der Waals surface area contributed by atoms with E-state index in [1.807, 2.05) is 0 Å². The highest BCUT2D eigenvalue weighted by atomic mass is 32.2. The molecule has 0 saturated carbocycles. The number of carbonyl (C=O) groups excluding carboxylic acids is 1. The molecule has 0 aliphatic carbocycles. The van der Waals surface area contributed by atoms with Gasteiger partial charge in [-0.05, 0) is 37.3 Å². The molecule has 3 heterocycles. The van der Waals surface area contributed by atoms with E-state index in [2.05, 4.69) is 15.2 Å². The molecule has 2 unspecified atom stereocenters. The largest absolute Gasteiger partial charge is 0.431 e. The van der Waals surface area contributed by atoms with Gasteiger partial charge in [0.25, 0.3) is 21.5 Å². The number of primary amides is 1. The van der Waals surface area contributed by atoms with Crippen molar-refractivity contribution in [1.82, 2.24) is 19.5 Å². The molecule has 0 radical (unpaired) electrons. The molecule has 0 spiro atoms. The van der Waals surface area contributed by atoms with Crippen molar-refractivity contribution in [2.45, 2.75) is 35.1 Å². The minimum atomic E-state index is -5.51. The van der Waals surface area contributed by atoms with E-state index in [1.54, 1.807) is 0 Å². The Kier molecular flexibility index (Phi) is 7.20. The van der Waals surface area contributed by atoms with Gasteiger partial charge in [-0.2, -0.15) is 35.7 Å². The fourth-order valence-electron chi connectivity index (χ4n) is 4.22. The Bertz CT molecular complexity index is 1470. The number of aromatic nitrogens is 3. The topological polar surface area (TPSA) is 146 Å². The molecule has 1 fully saturated rings. The van der Waals surface area contributed by atoms with Gasteiger partial charge in [-0.25, -0.2) is 13.4 Å². The number of H-pyrrole nitrogens is 1. The van der Waals surface area contributed by atoms with Gasteiger partial charge >= 0.3 is 12.4 Å². The molecule has 1 amide bonds. The zero-order valence-electron chi connectivity index (χ0n) is 19.8. The number of carbonyl (C=O) groups is 1. The van der Waals surface area contributed by atoms with Gasteiger partial charge in [0, 0.05) is 36.9 Å². The van der Waals surface area contributed by atoms with Crippen LogP contribution in [0.2, 0.25) is 0 Å². The number of benzene rings is 1. The van der Waals surface area contributed by atoms with E-state index >= 15 is 0 Å². The van der Waals surface area contributed by atoms with Crippen molar-refractivity contribution in [2.75, 3.05) is 24.5 Å². The van der Waals surface area contributed by atoms with E-state index in [0.29, 0.717) is 6.07 Å². The maximum atomic E-state index is 13.9. The maximum absolute atomic E-state index is 13.9. The average molecular weight is 599 g/mol. The number of halogens is 6. The van der Waals surface area contributed by atoms with Crippen molar-refractivity contribution in [1.29, 1.82) is 0 Å². The van der Waals surface area contributed by atoms with Crippen LogP contribution in [0.25, 0.3) is 11.4 Å². The summed E-state index contributed by atoms with van der Waals surface area (Å²) in [4.78, 5) is 15.6. The average Bonchev–Trinajstić information content (AvgIpc) is 3.54. The first kappa shape index (κ1) is 28.8. The third kappa shape index (κ3) is 5.08. The summed E-state index contributed by atoms with van der Waals surface area (Å²) in [5, 5.41) is 16.1. The fraction of sp³-hybridized carbons (Fsp3) is 0.381. The van der Waals surface area contributed by atoms with Crippen LogP contribution < -0.4 is 10.6 Å². The van der Waals surface area contributed by atoms with Crippen molar-refractivity contribution in [2.24, 2.45) is 5.73 Å². The van der Waals surface area contributed by atoms with Crippen LogP contribution in [0.3, 0.4) is 0 Å². The van der Waals surface area contributed by atoms with Gasteiger partial charge in [0.1, 0.15) is 10.5 Å². The predicted octanol–water partition coefficient (Wildman–Crippen LogP) is 2.69. The molecule has 4 N–H and O–H groups in total. The summed E-state index contributed by atoms with van der Waals surface area (Å²) in [6, 6.07) is 4.09. The summed E-state index contributed by atoms with van der Waals surface area (Å²) < 4.78 is 109. The first-order valence-corrected chi connectivity index (χ1v) is 13.3. The highest BCUT2D eigenvalue weighted by Gasteiger charge is 2.61. The highest BCUT2D eigenvalue weighted by Crippen LogP contribution is 2.44. The molecule has 1 saturated heterocycles. The Morgan fingerprint density at radius 3 is 2.38 bits per heavy atom. The molecule has 39 heavy (non-hydrogen) atoms. The number of sulfonamides is 1. The summed E-state index contributed by atoms with van der Waals surface area (Å²) in [6.07, 6.45) is -9.12. The highest BCUT2D eigenvalue weighted by molar-refractivity contribution is 7.91. The van der Waals surface area contributed by atoms with Crippen LogP contribution in [0, 0.1) is 0 Å². The number of thiophene rings is 1. The number of hydrogen-bond acceptors (Lipinski definition) is 8. The van der Waals surface area contributed by atoms with Gasteiger partial charge in [0.2, 0.25) is 0 Å². The van der Waals surface area contributed by atoms with Crippen LogP contribution in [-0.4, -0.2) is 70.8 Å². The van der Waals surface area contributed by atoms with Crippen LogP contribution in [0.5, 0.6) is 0 Å². The number of amides is 1. The number of rotatable bonds is 6. The summed E-state index contributed by atoms with van der Waals surface area (Å²) in [6.45, 7) is 0.803. The first-order valence-electron chi connectivity index (χ1n) is 11.0. The van der Waals surface area contributed by atoms with Gasteiger partial charge in [-0.1, -0.05) is 0 Å². The lowest BCUT2D eigenvalue weighted by molar-refractivity contribution is -0.254. The quantitative estimate of drug-likeness (QED) is 0.370. The minimum absolute atomic E-state index is 0.0241. The van der Waals surface area contributed by atoms with Crippen molar-refractivity contribution in [3.63, 3.8) is 0 Å². The molecule has 1 aromatic carbocycles. The third-order valence-electron chi connectivity index (χ3n) is 6.17. The number of nitrogens with zero attached hydrogens (tertiary/aromatic N) is 4. The molecule has 212 valence electrons. The van der Waals surface area contributed by atoms with Crippen molar-refractivity contribution in [3.8, 4) is 11.4 Å². The molecule has 0 bridgehead atoms. The van der Waals surface area contributed by atoms with Gasteiger partial charge in [-0.3, -0.25) is 9.89 Å². The Balaban J connectivity index is 1.60. The van der Waals surface area contributed by atoms with E-state index < -0.39 is 54.6 Å². The van der Waals surface area contributed by atoms with E-state index in [4.69, 9.17) is 5.73 Å². The summed E-state index contributed by atoms with van der Waals surface area (Å²) in [5.74, 6) is -2.00. The Hall–Kier alpha value is -3.22. The second-order valence-corrected chi connectivity index (χ2v) is 11.9. The Morgan fingerprint density at radius 1 is 1.15 bits per heavy atom. The van der Waals surface area contributed by atoms with Crippen LogP contribution in [0.15, 0.2) is 40.9 Å². The second kappa shape index (κ2) is 9.76. The van der Waals surface area contributed by atoms with E-state index in [1.165, 1.54) is 24.0 Å². The van der Waals surface area contributed by atoms with E-state index in [0.717, 1.165) is 22.8 Å². The smallest absolute Gasteiger partial charge is 0.368 e. The van der Waals surface area contributed by atoms with Crippen LogP contribution in [0.4, 0.5) is 32.0 Å². The summed E-state index contributed by atoms with van der Waals surface area (Å²) >= 11 is 0.0241. The number of piperazine rings is 1. The molecular weight excluding hydrogens is 578 g/mol. The molecule has 10 nitrogen and oxygen atoms in total. The number of nitrogens with two attached hydrogens (primary N) is 1. The number of anilines is 1. The summed E-state index contributed by atoms with van der Waals surface area (Å²) in [7, 11) is -4.45. The lowest BCUT2D eigenvalue weighted by Crippen LogP contribution is -2.54. The molecule has 3 aromatic rings. The second-order valence-electron chi connectivity index (χ2n) is 8.67. The minimum Gasteiger partial charge on any atom is -0.368 e. The molecule has 1 aliphatic heterocycles. The van der Waals surface area contributed by atoms with Crippen LogP contribution in [0.1, 0.15) is 17.4 Å². The van der Waals surface area contributed by atoms with Gasteiger partial charge < -0.3 is 15.7 Å². The molecular formula is C21H20F6N6O4S2. The van der Waals surface area contributed by atoms with E-state index in [9.17, 15) is 44.7 Å². The number of hydrogen-bond donors (Lipinski definition) is 3. The molecule has 18 heteroatoms.